The van der Waals surface area contributed by atoms with Gasteiger partial charge in [-0.1, -0.05) is 6.92 Å². The lowest BCUT2D eigenvalue weighted by atomic mass is 9.79. The van der Waals surface area contributed by atoms with E-state index >= 15 is 0 Å². The predicted molar refractivity (Wildman–Crippen MR) is 79.6 cm³/mol. The minimum atomic E-state index is -0.621. The summed E-state index contributed by atoms with van der Waals surface area (Å²) in [4.78, 5) is 20.7. The van der Waals surface area contributed by atoms with Crippen molar-refractivity contribution < 1.29 is 9.85 Å². The number of hydrogen-bond donors (Lipinski definition) is 0. The van der Waals surface area contributed by atoms with E-state index in [0.29, 0.717) is 17.9 Å². The van der Waals surface area contributed by atoms with Crippen LogP contribution in [0.3, 0.4) is 0 Å². The van der Waals surface area contributed by atoms with Crippen molar-refractivity contribution in [2.75, 3.05) is 0 Å². The Labute approximate surface area is 127 Å². The molecule has 1 fully saturated rings. The SMILES string of the molecule is CC1CCC(Cl)C(Cc2ccc([N+](=O)[O-])cc2[N+](=O)[O-])C1. The number of nitro benzene ring substituents is 2. The summed E-state index contributed by atoms with van der Waals surface area (Å²) in [6.07, 6.45) is 3.41. The number of nitro groups is 2. The van der Waals surface area contributed by atoms with Crippen LogP contribution in [0.25, 0.3) is 0 Å². The van der Waals surface area contributed by atoms with Crippen molar-refractivity contribution in [3.63, 3.8) is 0 Å². The zero-order valence-corrected chi connectivity index (χ0v) is 12.5. The van der Waals surface area contributed by atoms with E-state index in [1.807, 2.05) is 0 Å². The lowest BCUT2D eigenvalue weighted by Crippen LogP contribution is -2.26. The summed E-state index contributed by atoms with van der Waals surface area (Å²) in [6.45, 7) is 2.15. The van der Waals surface area contributed by atoms with Gasteiger partial charge in [-0.15, -0.1) is 11.6 Å². The molecule has 0 saturated heterocycles. The number of non-ortho nitro benzene ring substituents is 1. The summed E-state index contributed by atoms with van der Waals surface area (Å²) in [5, 5.41) is 21.9. The third-order valence-corrected chi connectivity index (χ3v) is 4.68. The fourth-order valence-corrected chi connectivity index (χ4v) is 3.28. The van der Waals surface area contributed by atoms with E-state index in [1.165, 1.54) is 12.1 Å². The number of halogens is 1. The second-order valence-electron chi connectivity index (χ2n) is 5.73. The van der Waals surface area contributed by atoms with Gasteiger partial charge in [0.25, 0.3) is 11.4 Å². The molecule has 2 rings (SSSR count). The average molecular weight is 313 g/mol. The molecule has 7 heteroatoms. The van der Waals surface area contributed by atoms with Crippen molar-refractivity contribution in [2.24, 2.45) is 11.8 Å². The number of benzene rings is 1. The van der Waals surface area contributed by atoms with Crippen LogP contribution in [0, 0.1) is 32.1 Å². The number of hydrogen-bond acceptors (Lipinski definition) is 4. The Morgan fingerprint density at radius 3 is 2.57 bits per heavy atom. The molecule has 0 bridgehead atoms. The first-order valence-corrected chi connectivity index (χ1v) is 7.38. The highest BCUT2D eigenvalue weighted by Crippen LogP contribution is 2.36. The Morgan fingerprint density at radius 2 is 1.95 bits per heavy atom. The van der Waals surface area contributed by atoms with Gasteiger partial charge in [-0.05, 0) is 43.6 Å². The summed E-state index contributed by atoms with van der Waals surface area (Å²) < 4.78 is 0. The zero-order valence-electron chi connectivity index (χ0n) is 11.7. The summed E-state index contributed by atoms with van der Waals surface area (Å²) in [5.41, 5.74) is 0.0755. The molecule has 0 aliphatic heterocycles. The van der Waals surface area contributed by atoms with Gasteiger partial charge in [-0.3, -0.25) is 20.2 Å². The molecule has 0 radical (unpaired) electrons. The van der Waals surface area contributed by atoms with E-state index < -0.39 is 9.85 Å². The quantitative estimate of drug-likeness (QED) is 0.476. The Hall–Kier alpha value is -1.69. The lowest BCUT2D eigenvalue weighted by molar-refractivity contribution is -0.394. The summed E-state index contributed by atoms with van der Waals surface area (Å²) >= 11 is 6.33. The average Bonchev–Trinajstić information content (AvgIpc) is 2.42. The maximum atomic E-state index is 11.1. The van der Waals surface area contributed by atoms with Crippen LogP contribution in [0.15, 0.2) is 18.2 Å². The molecule has 3 unspecified atom stereocenters. The van der Waals surface area contributed by atoms with Crippen molar-refractivity contribution in [3.05, 3.63) is 44.0 Å². The van der Waals surface area contributed by atoms with Gasteiger partial charge in [0.05, 0.1) is 15.9 Å². The predicted octanol–water partition coefficient (Wildman–Crippen LogP) is 4.09. The molecule has 0 aromatic heterocycles. The molecule has 0 amide bonds. The molecular formula is C14H17ClN2O4. The first kappa shape index (κ1) is 15.7. The van der Waals surface area contributed by atoms with Crippen LogP contribution in [0.4, 0.5) is 11.4 Å². The molecule has 0 N–H and O–H groups in total. The molecule has 21 heavy (non-hydrogen) atoms. The van der Waals surface area contributed by atoms with Gasteiger partial charge in [-0.25, -0.2) is 0 Å². The summed E-state index contributed by atoms with van der Waals surface area (Å²) in [5.74, 6) is 0.734. The topological polar surface area (TPSA) is 86.3 Å². The van der Waals surface area contributed by atoms with E-state index in [-0.39, 0.29) is 22.7 Å². The van der Waals surface area contributed by atoms with Gasteiger partial charge >= 0.3 is 0 Å². The molecule has 114 valence electrons. The van der Waals surface area contributed by atoms with Gasteiger partial charge in [0.1, 0.15) is 0 Å². The van der Waals surface area contributed by atoms with Crippen molar-refractivity contribution in [2.45, 2.75) is 38.0 Å². The normalized spacial score (nSPS) is 25.5. The molecule has 1 saturated carbocycles. The van der Waals surface area contributed by atoms with E-state index in [4.69, 9.17) is 11.6 Å². The van der Waals surface area contributed by atoms with E-state index in [0.717, 1.165) is 25.3 Å². The third kappa shape index (κ3) is 3.69. The van der Waals surface area contributed by atoms with Gasteiger partial charge in [0.2, 0.25) is 0 Å². The second kappa shape index (κ2) is 6.39. The molecule has 1 aliphatic carbocycles. The highest BCUT2D eigenvalue weighted by Gasteiger charge is 2.30. The minimum Gasteiger partial charge on any atom is -0.258 e. The Bertz CT molecular complexity index is 564. The van der Waals surface area contributed by atoms with Gasteiger partial charge in [0.15, 0.2) is 0 Å². The lowest BCUT2D eigenvalue weighted by Gasteiger charge is -2.31. The summed E-state index contributed by atoms with van der Waals surface area (Å²) in [7, 11) is 0. The van der Waals surface area contributed by atoms with E-state index in [2.05, 4.69) is 6.92 Å². The highest BCUT2D eigenvalue weighted by molar-refractivity contribution is 6.20. The van der Waals surface area contributed by atoms with Crippen LogP contribution in [-0.4, -0.2) is 15.2 Å². The van der Waals surface area contributed by atoms with Crippen molar-refractivity contribution >= 4 is 23.0 Å². The fourth-order valence-electron chi connectivity index (χ4n) is 2.96. The fraction of sp³-hybridized carbons (Fsp3) is 0.571. The van der Waals surface area contributed by atoms with E-state index in [1.54, 1.807) is 0 Å². The number of nitrogens with zero attached hydrogens (tertiary/aromatic N) is 2. The third-order valence-electron chi connectivity index (χ3n) is 4.11. The van der Waals surface area contributed by atoms with Gasteiger partial charge in [0, 0.05) is 17.0 Å². The smallest absolute Gasteiger partial charge is 0.258 e. The highest BCUT2D eigenvalue weighted by atomic mass is 35.5. The summed E-state index contributed by atoms with van der Waals surface area (Å²) in [6, 6.07) is 3.84. The maximum Gasteiger partial charge on any atom is 0.279 e. The van der Waals surface area contributed by atoms with E-state index in [9.17, 15) is 20.2 Å². The van der Waals surface area contributed by atoms with Crippen LogP contribution in [0.5, 0.6) is 0 Å². The Balaban J connectivity index is 2.26. The maximum absolute atomic E-state index is 11.1. The first-order chi connectivity index (χ1) is 9.88. The Kier molecular flexibility index (Phi) is 4.77. The van der Waals surface area contributed by atoms with Crippen molar-refractivity contribution in [1.82, 2.24) is 0 Å². The monoisotopic (exact) mass is 312 g/mol. The molecule has 6 nitrogen and oxygen atoms in total. The second-order valence-corrected chi connectivity index (χ2v) is 6.29. The Morgan fingerprint density at radius 1 is 1.24 bits per heavy atom. The molecule has 1 aromatic carbocycles. The van der Waals surface area contributed by atoms with Gasteiger partial charge in [-0.2, -0.15) is 0 Å². The molecular weight excluding hydrogens is 296 g/mol. The largest absolute Gasteiger partial charge is 0.279 e. The minimum absolute atomic E-state index is 0.0102. The standard InChI is InChI=1S/C14H17ClN2O4/c1-9-2-5-13(15)11(6-9)7-10-3-4-12(16(18)19)8-14(10)17(20)21/h3-4,8-9,11,13H,2,5-7H2,1H3. The number of alkyl halides is 1. The molecule has 3 atom stereocenters. The van der Waals surface area contributed by atoms with Crippen molar-refractivity contribution in [1.29, 1.82) is 0 Å². The van der Waals surface area contributed by atoms with Gasteiger partial charge < -0.3 is 0 Å². The van der Waals surface area contributed by atoms with Crippen molar-refractivity contribution in [3.8, 4) is 0 Å². The van der Waals surface area contributed by atoms with Crippen LogP contribution in [-0.2, 0) is 6.42 Å². The van der Waals surface area contributed by atoms with Crippen LogP contribution >= 0.6 is 11.6 Å². The van der Waals surface area contributed by atoms with Crippen LogP contribution < -0.4 is 0 Å². The zero-order chi connectivity index (χ0) is 15.6. The number of rotatable bonds is 4. The molecule has 1 aromatic rings. The van der Waals surface area contributed by atoms with Crippen LogP contribution in [0.2, 0.25) is 0 Å². The molecule has 0 spiro atoms. The molecule has 1 aliphatic rings. The molecule has 0 heterocycles. The van der Waals surface area contributed by atoms with Crippen LogP contribution in [0.1, 0.15) is 31.7 Å². The first-order valence-electron chi connectivity index (χ1n) is 6.94.